The number of hydrogen-bond acceptors (Lipinski definition) is 3. The molecule has 0 bridgehead atoms. The van der Waals surface area contributed by atoms with Crippen LogP contribution in [-0.2, 0) is 24.9 Å². The monoisotopic (exact) mass is 367 g/mol. The van der Waals surface area contributed by atoms with Gasteiger partial charge >= 0.3 is 0 Å². The van der Waals surface area contributed by atoms with E-state index in [1.807, 2.05) is 0 Å². The summed E-state index contributed by atoms with van der Waals surface area (Å²) in [5.74, 6) is -0.667. The lowest BCUT2D eigenvalue weighted by Crippen LogP contribution is -2.28. The van der Waals surface area contributed by atoms with Gasteiger partial charge in [0.15, 0.2) is 0 Å². The lowest BCUT2D eigenvalue weighted by atomic mass is 10.2. The molecule has 0 radical (unpaired) electrons. The zero-order valence-electron chi connectivity index (χ0n) is 12.7. The van der Waals surface area contributed by atoms with Crippen LogP contribution >= 0.6 is 11.6 Å². The van der Waals surface area contributed by atoms with Crippen LogP contribution in [-0.4, -0.2) is 25.5 Å². The highest BCUT2D eigenvalue weighted by atomic mass is 35.5. The molecule has 6 nitrogen and oxygen atoms in total. The minimum Gasteiger partial charge on any atom is -0.350 e. The highest BCUT2D eigenvalue weighted by molar-refractivity contribution is 6.32. The van der Waals surface area contributed by atoms with Crippen LogP contribution in [0.3, 0.4) is 0 Å². The number of halogens is 5. The third-order valence-electron chi connectivity index (χ3n) is 3.25. The number of nitrogens with zero attached hydrogens (tertiary/aromatic N) is 4. The average molecular weight is 368 g/mol. The number of amides is 1. The smallest absolute Gasteiger partial charge is 0.283 e. The summed E-state index contributed by atoms with van der Waals surface area (Å²) in [6.07, 6.45) is -4.55. The van der Waals surface area contributed by atoms with Crippen LogP contribution in [0.4, 0.5) is 17.6 Å². The van der Waals surface area contributed by atoms with Crippen LogP contribution in [0, 0.1) is 6.92 Å². The number of alkyl halides is 4. The molecule has 0 fully saturated rings. The maximum absolute atomic E-state index is 13.0. The van der Waals surface area contributed by atoms with Crippen LogP contribution in [0.2, 0.25) is 5.02 Å². The molecule has 2 aromatic heterocycles. The van der Waals surface area contributed by atoms with Crippen molar-refractivity contribution in [3.63, 3.8) is 0 Å². The van der Waals surface area contributed by atoms with Crippen molar-refractivity contribution in [2.75, 3.05) is 0 Å². The van der Waals surface area contributed by atoms with Gasteiger partial charge in [0.05, 0.1) is 10.7 Å². The fourth-order valence-corrected chi connectivity index (χ4v) is 2.45. The molecule has 0 unspecified atom stereocenters. The number of carbonyl (C=O) groups excluding carboxylic acids is 1. The highest BCUT2D eigenvalue weighted by Gasteiger charge is 2.28. The Hall–Kier alpha value is -2.10. The number of aryl methyl sites for hydroxylation is 2. The summed E-state index contributed by atoms with van der Waals surface area (Å²) in [6, 6.07) is 0. The van der Waals surface area contributed by atoms with Crippen molar-refractivity contribution in [3.05, 3.63) is 33.9 Å². The Balaban J connectivity index is 2.11. The summed E-state index contributed by atoms with van der Waals surface area (Å²) in [7, 11) is 1.71. The number of carbonyl (C=O) groups is 1. The average Bonchev–Trinajstić information content (AvgIpc) is 2.96. The third-order valence-corrected chi connectivity index (χ3v) is 3.64. The molecule has 2 rings (SSSR count). The second-order valence-corrected chi connectivity index (χ2v) is 5.41. The fourth-order valence-electron chi connectivity index (χ4n) is 2.15. The Morgan fingerprint density at radius 1 is 1.29 bits per heavy atom. The van der Waals surface area contributed by atoms with Crippen molar-refractivity contribution < 1.29 is 22.4 Å². The topological polar surface area (TPSA) is 64.7 Å². The fraction of sp³-hybridized carbons (Fsp3) is 0.462. The molecule has 24 heavy (non-hydrogen) atoms. The van der Waals surface area contributed by atoms with Crippen molar-refractivity contribution in [2.45, 2.75) is 32.9 Å². The van der Waals surface area contributed by atoms with Crippen molar-refractivity contribution in [1.29, 1.82) is 0 Å². The molecule has 0 aromatic carbocycles. The predicted molar refractivity (Wildman–Crippen MR) is 76.9 cm³/mol. The molecule has 0 aliphatic carbocycles. The molecule has 0 aliphatic heterocycles. The lowest BCUT2D eigenvalue weighted by Gasteiger charge is -2.08. The first-order chi connectivity index (χ1) is 11.2. The quantitative estimate of drug-likeness (QED) is 0.798. The second-order valence-electron chi connectivity index (χ2n) is 5.03. The molecule has 0 saturated carbocycles. The van der Waals surface area contributed by atoms with Crippen LogP contribution < -0.4 is 5.32 Å². The highest BCUT2D eigenvalue weighted by Crippen LogP contribution is 2.34. The SMILES string of the molecule is Cc1nn(C)cc1CNC(=O)Cn1nc(C(F)F)c(Cl)c1C(F)F. The summed E-state index contributed by atoms with van der Waals surface area (Å²) in [5.41, 5.74) is -0.428. The first kappa shape index (κ1) is 18.2. The van der Waals surface area contributed by atoms with E-state index in [9.17, 15) is 22.4 Å². The molecule has 2 aromatic rings. The largest absolute Gasteiger partial charge is 0.350 e. The Kier molecular flexibility index (Phi) is 5.47. The van der Waals surface area contributed by atoms with Crippen LogP contribution in [0.15, 0.2) is 6.20 Å². The van der Waals surface area contributed by atoms with Crippen molar-refractivity contribution in [1.82, 2.24) is 24.9 Å². The number of aromatic nitrogens is 4. The second kappa shape index (κ2) is 7.20. The summed E-state index contributed by atoms with van der Waals surface area (Å²) < 4.78 is 53.5. The molecule has 1 N–H and O–H groups in total. The van der Waals surface area contributed by atoms with Gasteiger partial charge < -0.3 is 5.32 Å². The summed E-state index contributed by atoms with van der Waals surface area (Å²) in [4.78, 5) is 11.9. The molecular formula is C13H14ClF4N5O. The minimum atomic E-state index is -3.13. The van der Waals surface area contributed by atoms with Crippen molar-refractivity contribution in [2.24, 2.45) is 7.05 Å². The molecule has 1 amide bonds. The van der Waals surface area contributed by atoms with E-state index >= 15 is 0 Å². The minimum absolute atomic E-state index is 0.124. The molecule has 0 atom stereocenters. The van der Waals surface area contributed by atoms with E-state index in [4.69, 9.17) is 11.6 Å². The third kappa shape index (κ3) is 3.86. The number of hydrogen-bond donors (Lipinski definition) is 1. The van der Waals surface area contributed by atoms with Crippen molar-refractivity contribution in [3.8, 4) is 0 Å². The maximum atomic E-state index is 13.0. The van der Waals surface area contributed by atoms with Crippen molar-refractivity contribution >= 4 is 17.5 Å². The van der Waals surface area contributed by atoms with Gasteiger partial charge in [-0.3, -0.25) is 14.2 Å². The van der Waals surface area contributed by atoms with Gasteiger partial charge in [0.1, 0.15) is 17.9 Å². The van der Waals surface area contributed by atoms with Crippen LogP contribution in [0.1, 0.15) is 35.5 Å². The van der Waals surface area contributed by atoms with Gasteiger partial charge in [-0.2, -0.15) is 10.2 Å². The molecule has 0 saturated heterocycles. The predicted octanol–water partition coefficient (Wildman–Crippen LogP) is 2.77. The Labute approximate surface area is 139 Å². The maximum Gasteiger partial charge on any atom is 0.283 e. The zero-order valence-corrected chi connectivity index (χ0v) is 13.5. The van der Waals surface area contributed by atoms with Crippen LogP contribution in [0.5, 0.6) is 0 Å². The van der Waals surface area contributed by atoms with E-state index in [1.54, 1.807) is 24.9 Å². The van der Waals surface area contributed by atoms with Gasteiger partial charge in [-0.25, -0.2) is 17.6 Å². The van der Waals surface area contributed by atoms with E-state index in [2.05, 4.69) is 15.5 Å². The molecule has 0 aliphatic rings. The van der Waals surface area contributed by atoms with E-state index in [-0.39, 0.29) is 6.54 Å². The van der Waals surface area contributed by atoms with Gasteiger partial charge in [-0.1, -0.05) is 11.6 Å². The Morgan fingerprint density at radius 2 is 1.96 bits per heavy atom. The summed E-state index contributed by atoms with van der Waals surface area (Å²) in [5, 5.41) is 9.09. The molecule has 11 heteroatoms. The Bertz CT molecular complexity index is 743. The summed E-state index contributed by atoms with van der Waals surface area (Å²) in [6.45, 7) is 1.23. The first-order valence-electron chi connectivity index (χ1n) is 6.79. The van der Waals surface area contributed by atoms with E-state index in [0.29, 0.717) is 10.4 Å². The first-order valence-corrected chi connectivity index (χ1v) is 7.16. The molecule has 2 heterocycles. The van der Waals surface area contributed by atoms with Gasteiger partial charge in [0, 0.05) is 25.4 Å². The van der Waals surface area contributed by atoms with E-state index in [1.165, 1.54) is 0 Å². The standard InChI is InChI=1S/C13H14ClF4N5O/c1-6-7(4-22(2)20-6)3-19-8(24)5-23-11(13(17)18)9(14)10(21-23)12(15)16/h4,12-13H,3,5H2,1-2H3,(H,19,24). The van der Waals surface area contributed by atoms with E-state index < -0.39 is 41.7 Å². The normalized spacial score (nSPS) is 11.5. The zero-order chi connectivity index (χ0) is 18.0. The van der Waals surface area contributed by atoms with Gasteiger partial charge in [-0.05, 0) is 6.92 Å². The molecule has 132 valence electrons. The summed E-state index contributed by atoms with van der Waals surface area (Å²) >= 11 is 5.51. The number of rotatable bonds is 6. The van der Waals surface area contributed by atoms with Gasteiger partial charge in [0.25, 0.3) is 12.9 Å². The van der Waals surface area contributed by atoms with Gasteiger partial charge in [-0.15, -0.1) is 0 Å². The molecule has 0 spiro atoms. The number of nitrogens with one attached hydrogen (secondary N) is 1. The Morgan fingerprint density at radius 3 is 2.46 bits per heavy atom. The van der Waals surface area contributed by atoms with Crippen LogP contribution in [0.25, 0.3) is 0 Å². The lowest BCUT2D eigenvalue weighted by molar-refractivity contribution is -0.122. The molecular weight excluding hydrogens is 354 g/mol. The van der Waals surface area contributed by atoms with E-state index in [0.717, 1.165) is 5.56 Å². The van der Waals surface area contributed by atoms with Gasteiger partial charge in [0.2, 0.25) is 5.91 Å².